The average molecular weight is 494 g/mol. The van der Waals surface area contributed by atoms with Crippen molar-refractivity contribution in [3.05, 3.63) is 101 Å². The number of carbonyl (C=O) groups is 1. The molecule has 0 saturated carbocycles. The molecule has 0 saturated heterocycles. The van der Waals surface area contributed by atoms with Gasteiger partial charge in [0.2, 0.25) is 5.82 Å². The maximum absolute atomic E-state index is 14.1. The minimum absolute atomic E-state index is 0.240. The van der Waals surface area contributed by atoms with Crippen molar-refractivity contribution in [2.75, 3.05) is 6.61 Å². The number of esters is 1. The number of carbonyl (C=O) groups excluding carboxylic acids is 1. The third-order valence-corrected chi connectivity index (χ3v) is 6.57. The highest BCUT2D eigenvalue weighted by Gasteiger charge is 2.42. The first-order valence-corrected chi connectivity index (χ1v) is 12.0. The summed E-state index contributed by atoms with van der Waals surface area (Å²) in [5.41, 5.74) is 2.59. The molecule has 37 heavy (non-hydrogen) atoms. The molecule has 184 valence electrons. The number of para-hydroxylation sites is 1. The average Bonchev–Trinajstić information content (AvgIpc) is 3.60. The van der Waals surface area contributed by atoms with Crippen LogP contribution in [0.15, 0.2) is 93.3 Å². The van der Waals surface area contributed by atoms with E-state index in [1.807, 2.05) is 60.7 Å². The first-order chi connectivity index (χ1) is 18.1. The monoisotopic (exact) mass is 493 g/mol. The molecule has 3 aromatic heterocycles. The number of fused-ring (bicyclic) bond motifs is 3. The van der Waals surface area contributed by atoms with E-state index in [2.05, 4.69) is 10.2 Å². The molecule has 2 atom stereocenters. The van der Waals surface area contributed by atoms with Crippen molar-refractivity contribution >= 4 is 23.1 Å². The Hall–Kier alpha value is -4.79. The van der Waals surface area contributed by atoms with Crippen LogP contribution in [0.2, 0.25) is 0 Å². The van der Waals surface area contributed by atoms with Gasteiger partial charge < -0.3 is 9.15 Å². The molecular formula is C28H23N5O4. The number of furan rings is 1. The molecule has 2 aromatic carbocycles. The lowest BCUT2D eigenvalue weighted by atomic mass is 9.77. The zero-order valence-corrected chi connectivity index (χ0v) is 20.2. The number of aromatic nitrogens is 4. The molecule has 0 fully saturated rings. The van der Waals surface area contributed by atoms with Crippen LogP contribution in [0.5, 0.6) is 0 Å². The van der Waals surface area contributed by atoms with E-state index in [0.717, 1.165) is 5.56 Å². The van der Waals surface area contributed by atoms with Gasteiger partial charge in [0, 0.05) is 17.2 Å². The van der Waals surface area contributed by atoms with Crippen molar-refractivity contribution in [2.24, 2.45) is 10.9 Å². The molecule has 9 heteroatoms. The molecule has 0 aliphatic carbocycles. The molecule has 1 aliphatic heterocycles. The Labute approximate surface area is 211 Å². The van der Waals surface area contributed by atoms with E-state index in [9.17, 15) is 9.59 Å². The van der Waals surface area contributed by atoms with Gasteiger partial charge in [-0.1, -0.05) is 48.5 Å². The molecule has 1 aliphatic rings. The van der Waals surface area contributed by atoms with E-state index >= 15 is 0 Å². The van der Waals surface area contributed by atoms with Gasteiger partial charge in [-0.15, -0.1) is 10.2 Å². The first-order valence-electron chi connectivity index (χ1n) is 12.0. The molecule has 0 radical (unpaired) electrons. The van der Waals surface area contributed by atoms with Gasteiger partial charge >= 0.3 is 11.7 Å². The van der Waals surface area contributed by atoms with Crippen LogP contribution in [0, 0.1) is 5.92 Å². The highest BCUT2D eigenvalue weighted by Crippen LogP contribution is 2.45. The molecule has 6 rings (SSSR count). The molecule has 2 unspecified atom stereocenters. The summed E-state index contributed by atoms with van der Waals surface area (Å²) in [6.45, 7) is 3.81. The molecule has 9 nitrogen and oxygen atoms in total. The van der Waals surface area contributed by atoms with Gasteiger partial charge in [-0.3, -0.25) is 4.79 Å². The summed E-state index contributed by atoms with van der Waals surface area (Å²) in [4.78, 5) is 32.3. The number of hydrogen-bond donors (Lipinski definition) is 0. The van der Waals surface area contributed by atoms with Gasteiger partial charge in [-0.05, 0) is 43.7 Å². The quantitative estimate of drug-likeness (QED) is 0.333. The van der Waals surface area contributed by atoms with Crippen LogP contribution in [0.25, 0.3) is 22.9 Å². The minimum atomic E-state index is -0.705. The number of hydrogen-bond acceptors (Lipinski definition) is 7. The summed E-state index contributed by atoms with van der Waals surface area (Å²) >= 11 is 0. The van der Waals surface area contributed by atoms with Gasteiger partial charge in [-0.25, -0.2) is 18.8 Å². The SMILES string of the molecule is CCOC(=O)C1C(C)=Nc2c(c3nnc(-c4ccco4)n3c(=O)n2-c2ccccc2)C1c1ccccc1. The number of ether oxygens (including phenoxy) is 1. The van der Waals surface area contributed by atoms with Crippen LogP contribution < -0.4 is 5.69 Å². The van der Waals surface area contributed by atoms with Crippen LogP contribution in [-0.2, 0) is 9.53 Å². The van der Waals surface area contributed by atoms with Crippen LogP contribution in [0.4, 0.5) is 5.82 Å². The zero-order valence-electron chi connectivity index (χ0n) is 20.2. The smallest absolute Gasteiger partial charge is 0.342 e. The Balaban J connectivity index is 1.77. The van der Waals surface area contributed by atoms with E-state index < -0.39 is 17.5 Å². The molecular weight excluding hydrogens is 470 g/mol. The van der Waals surface area contributed by atoms with Gasteiger partial charge in [-0.2, -0.15) is 0 Å². The van der Waals surface area contributed by atoms with E-state index in [1.165, 1.54) is 10.7 Å². The molecule has 0 bridgehead atoms. The fourth-order valence-corrected chi connectivity index (χ4v) is 5.02. The zero-order chi connectivity index (χ0) is 25.5. The minimum Gasteiger partial charge on any atom is -0.465 e. The molecule has 4 heterocycles. The third kappa shape index (κ3) is 3.58. The maximum atomic E-state index is 14.1. The second kappa shape index (κ2) is 9.02. The van der Waals surface area contributed by atoms with Crippen LogP contribution in [-0.4, -0.2) is 37.5 Å². The number of aliphatic imine (C=N–C) groups is 1. The number of benzene rings is 2. The third-order valence-electron chi connectivity index (χ3n) is 6.57. The van der Waals surface area contributed by atoms with Crippen molar-refractivity contribution in [1.82, 2.24) is 19.2 Å². The van der Waals surface area contributed by atoms with E-state index in [0.29, 0.717) is 34.2 Å². The summed E-state index contributed by atoms with van der Waals surface area (Å²) in [6, 6.07) is 22.4. The number of nitrogens with zero attached hydrogens (tertiary/aromatic N) is 5. The standard InChI is InChI=1S/C28H23N5O4/c1-3-36-27(34)21-17(2)29-25-23(22(21)18-11-6-4-7-12-18)26-31-30-24(20-15-10-16-37-20)33(26)28(35)32(25)19-13-8-5-9-14-19/h4-16,21-22H,3H2,1-2H3. The molecule has 0 amide bonds. The van der Waals surface area contributed by atoms with E-state index in [1.54, 1.807) is 30.5 Å². The predicted octanol–water partition coefficient (Wildman–Crippen LogP) is 4.56. The topological polar surface area (TPSA) is 104 Å². The second-order valence-electron chi connectivity index (χ2n) is 8.72. The van der Waals surface area contributed by atoms with Crippen molar-refractivity contribution in [1.29, 1.82) is 0 Å². The van der Waals surface area contributed by atoms with E-state index in [-0.39, 0.29) is 18.4 Å². The predicted molar refractivity (Wildman–Crippen MR) is 137 cm³/mol. The largest absolute Gasteiger partial charge is 0.465 e. The lowest BCUT2D eigenvalue weighted by Crippen LogP contribution is -2.37. The summed E-state index contributed by atoms with van der Waals surface area (Å²) in [5.74, 6) is -0.525. The van der Waals surface area contributed by atoms with Gasteiger partial charge in [0.05, 0.1) is 18.6 Å². The lowest BCUT2D eigenvalue weighted by Gasteiger charge is -2.32. The highest BCUT2D eigenvalue weighted by molar-refractivity contribution is 6.05. The Kier molecular flexibility index (Phi) is 5.52. The van der Waals surface area contributed by atoms with Crippen LogP contribution >= 0.6 is 0 Å². The van der Waals surface area contributed by atoms with Gasteiger partial charge in [0.15, 0.2) is 11.4 Å². The summed E-state index contributed by atoms with van der Waals surface area (Å²) in [7, 11) is 0. The van der Waals surface area contributed by atoms with Gasteiger partial charge in [0.1, 0.15) is 11.7 Å². The number of rotatable bonds is 5. The Morgan fingerprint density at radius 3 is 2.41 bits per heavy atom. The molecule has 0 N–H and O–H groups in total. The second-order valence-corrected chi connectivity index (χ2v) is 8.72. The maximum Gasteiger partial charge on any atom is 0.342 e. The molecule has 0 spiro atoms. The van der Waals surface area contributed by atoms with Crippen LogP contribution in [0.1, 0.15) is 30.9 Å². The summed E-state index contributed by atoms with van der Waals surface area (Å²) < 4.78 is 14.0. The fourth-order valence-electron chi connectivity index (χ4n) is 5.02. The fraction of sp³-hybridized carbons (Fsp3) is 0.179. The van der Waals surface area contributed by atoms with Crippen LogP contribution in [0.3, 0.4) is 0 Å². The summed E-state index contributed by atoms with van der Waals surface area (Å²) in [5, 5.41) is 8.78. The van der Waals surface area contributed by atoms with Gasteiger partial charge in [0.25, 0.3) is 0 Å². The van der Waals surface area contributed by atoms with Crippen molar-refractivity contribution < 1.29 is 13.9 Å². The van der Waals surface area contributed by atoms with Crippen molar-refractivity contribution in [3.8, 4) is 17.3 Å². The highest BCUT2D eigenvalue weighted by atomic mass is 16.5. The Bertz CT molecular complexity index is 1690. The first kappa shape index (κ1) is 22.7. The van der Waals surface area contributed by atoms with E-state index in [4.69, 9.17) is 14.1 Å². The van der Waals surface area contributed by atoms with Crippen molar-refractivity contribution in [3.63, 3.8) is 0 Å². The molecule has 5 aromatic rings. The Morgan fingerprint density at radius 1 is 1.00 bits per heavy atom. The lowest BCUT2D eigenvalue weighted by molar-refractivity contribution is -0.146. The van der Waals surface area contributed by atoms with Crippen molar-refractivity contribution in [2.45, 2.75) is 19.8 Å². The normalized spacial score (nSPS) is 16.9. The summed E-state index contributed by atoms with van der Waals surface area (Å²) in [6.07, 6.45) is 1.52. The Morgan fingerprint density at radius 2 is 1.73 bits per heavy atom.